The third kappa shape index (κ3) is 5.72. The number of nitrogens with two attached hydrogens (primary N) is 1. The maximum Gasteiger partial charge on any atom is 0.0726 e. The van der Waals surface area contributed by atoms with Crippen LogP contribution in [0.25, 0.3) is 44.5 Å². The van der Waals surface area contributed by atoms with Gasteiger partial charge in [0.05, 0.1) is 10.8 Å². The van der Waals surface area contributed by atoms with Gasteiger partial charge in [-0.3, -0.25) is 0 Å². The number of hydrogen-bond acceptors (Lipinski definition) is 2. The molecule has 2 nitrogen and oxygen atoms in total. The molecule has 3 N–H and O–H groups in total. The molecule has 4 aliphatic carbocycles. The Morgan fingerprint density at radius 2 is 0.615 bits per heavy atom. The lowest BCUT2D eigenvalue weighted by molar-refractivity contribution is 0.793. The predicted molar refractivity (Wildman–Crippen MR) is 274 cm³/mol. The Kier molecular flexibility index (Phi) is 9.29. The van der Waals surface area contributed by atoms with Crippen molar-refractivity contribution < 1.29 is 0 Å². The van der Waals surface area contributed by atoms with Crippen molar-refractivity contribution in [1.29, 1.82) is 0 Å². The smallest absolute Gasteiger partial charge is 0.0726 e. The molecule has 14 rings (SSSR count). The van der Waals surface area contributed by atoms with Crippen LogP contribution in [0.5, 0.6) is 0 Å². The summed E-state index contributed by atoms with van der Waals surface area (Å²) in [4.78, 5) is 0. The molecule has 0 heterocycles. The van der Waals surface area contributed by atoms with E-state index < -0.39 is 0 Å². The summed E-state index contributed by atoms with van der Waals surface area (Å²) in [7, 11) is 0. The standard InChI is InChI=1S/C31H21N.C25H15Br.C6H7N/c1-2-11-21(12-3-1)32-29-20-10-19-28-30(29)24-15-6-9-18-27(24)31(28)25-16-7-4-13-22(25)23-14-5-8-17-26(23)31;26-23-15-7-14-22-24(23)18-10-3-6-13-21(18)25(22)19-11-4-1-8-16(19)17-9-2-5-12-20(17)25;7-6-4-2-1-3-5-6/h1-20,32H;1-15H;1-5H,7H2. The summed E-state index contributed by atoms with van der Waals surface area (Å²) in [6.07, 6.45) is 0. The fraction of sp³-hybridized carbons (Fsp3) is 0.0323. The van der Waals surface area contributed by atoms with Crippen molar-refractivity contribution in [1.82, 2.24) is 0 Å². The minimum atomic E-state index is -0.284. The van der Waals surface area contributed by atoms with Gasteiger partial charge in [0.1, 0.15) is 0 Å². The lowest BCUT2D eigenvalue weighted by atomic mass is 9.70. The third-order valence-electron chi connectivity index (χ3n) is 13.8. The lowest BCUT2D eigenvalue weighted by Gasteiger charge is -2.30. The average Bonchev–Trinajstić information content (AvgIpc) is 4.05. The molecule has 0 saturated heterocycles. The Hall–Kier alpha value is -7.72. The third-order valence-corrected chi connectivity index (χ3v) is 14.5. The Morgan fingerprint density at radius 1 is 0.292 bits per heavy atom. The van der Waals surface area contributed by atoms with E-state index in [1.165, 1.54) is 93.5 Å². The highest BCUT2D eigenvalue weighted by Crippen LogP contribution is 2.65. The molecule has 0 bridgehead atoms. The first kappa shape index (κ1) is 38.9. The molecule has 0 amide bonds. The van der Waals surface area contributed by atoms with Gasteiger partial charge < -0.3 is 11.1 Å². The lowest BCUT2D eigenvalue weighted by Crippen LogP contribution is -2.25. The number of fused-ring (bicyclic) bond motifs is 20. The van der Waals surface area contributed by atoms with E-state index in [4.69, 9.17) is 5.73 Å². The van der Waals surface area contributed by atoms with Crippen molar-refractivity contribution in [3.63, 3.8) is 0 Å². The second-order valence-corrected chi connectivity index (χ2v) is 17.9. The molecule has 0 unspecified atom stereocenters. The molecule has 0 saturated carbocycles. The quantitative estimate of drug-likeness (QED) is 0.170. The zero-order chi connectivity index (χ0) is 43.5. The zero-order valence-electron chi connectivity index (χ0n) is 35.5. The van der Waals surface area contributed by atoms with Crippen LogP contribution in [0.4, 0.5) is 17.1 Å². The van der Waals surface area contributed by atoms with E-state index in [1.807, 2.05) is 30.3 Å². The van der Waals surface area contributed by atoms with Gasteiger partial charge in [-0.05, 0) is 114 Å². The van der Waals surface area contributed by atoms with Crippen LogP contribution in [-0.4, -0.2) is 0 Å². The van der Waals surface area contributed by atoms with Crippen LogP contribution in [0.3, 0.4) is 0 Å². The number of anilines is 3. The fourth-order valence-corrected chi connectivity index (χ4v) is 12.1. The molecule has 10 aromatic rings. The van der Waals surface area contributed by atoms with Crippen LogP contribution >= 0.6 is 15.9 Å². The van der Waals surface area contributed by atoms with Crippen molar-refractivity contribution in [3.05, 3.63) is 292 Å². The van der Waals surface area contributed by atoms with Gasteiger partial charge in [0.15, 0.2) is 0 Å². The second kappa shape index (κ2) is 15.5. The van der Waals surface area contributed by atoms with E-state index >= 15 is 0 Å². The van der Waals surface area contributed by atoms with E-state index in [-0.39, 0.29) is 10.8 Å². The average molecular weight is 896 g/mol. The van der Waals surface area contributed by atoms with Crippen molar-refractivity contribution >= 4 is 33.0 Å². The van der Waals surface area contributed by atoms with E-state index in [9.17, 15) is 0 Å². The molecule has 308 valence electrons. The Morgan fingerprint density at radius 3 is 1.05 bits per heavy atom. The van der Waals surface area contributed by atoms with Crippen molar-refractivity contribution in [2.75, 3.05) is 11.1 Å². The number of benzene rings is 10. The van der Waals surface area contributed by atoms with Crippen molar-refractivity contribution in [3.8, 4) is 44.5 Å². The molecule has 0 radical (unpaired) electrons. The number of halogens is 1. The SMILES string of the molecule is Brc1cccc2c1-c1ccccc1C21c2ccccc2-c2ccccc21.Nc1ccccc1.c1ccc(Nc2cccc3c2-c2ccccc2C32c3ccccc3-c3ccccc32)cc1. The van der Waals surface area contributed by atoms with E-state index in [0.29, 0.717) is 0 Å². The van der Waals surface area contributed by atoms with Crippen LogP contribution in [0.15, 0.2) is 247 Å². The van der Waals surface area contributed by atoms with Gasteiger partial charge in [0.25, 0.3) is 0 Å². The van der Waals surface area contributed by atoms with Gasteiger partial charge in [0, 0.05) is 32.7 Å². The van der Waals surface area contributed by atoms with Gasteiger partial charge >= 0.3 is 0 Å². The van der Waals surface area contributed by atoms with Gasteiger partial charge in [-0.25, -0.2) is 0 Å². The van der Waals surface area contributed by atoms with E-state index in [0.717, 1.165) is 17.1 Å². The summed E-state index contributed by atoms with van der Waals surface area (Å²) in [5, 5.41) is 3.70. The topological polar surface area (TPSA) is 38.0 Å². The number of nitrogens with one attached hydrogen (secondary N) is 1. The Balaban J connectivity index is 0.000000121. The molecule has 4 aliphatic rings. The van der Waals surface area contributed by atoms with Crippen LogP contribution in [-0.2, 0) is 10.8 Å². The minimum absolute atomic E-state index is 0.219. The Bertz CT molecular complexity index is 3350. The van der Waals surface area contributed by atoms with Gasteiger partial charge in [-0.15, -0.1) is 0 Å². The first-order chi connectivity index (χ1) is 32.1. The first-order valence-corrected chi connectivity index (χ1v) is 23.0. The first-order valence-electron chi connectivity index (χ1n) is 22.3. The van der Waals surface area contributed by atoms with Crippen molar-refractivity contribution in [2.45, 2.75) is 10.8 Å². The summed E-state index contributed by atoms with van der Waals surface area (Å²) in [6, 6.07) is 86.7. The highest BCUT2D eigenvalue weighted by molar-refractivity contribution is 9.10. The number of hydrogen-bond donors (Lipinski definition) is 2. The maximum atomic E-state index is 5.36. The predicted octanol–water partition coefficient (Wildman–Crippen LogP) is 15.8. The molecule has 65 heavy (non-hydrogen) atoms. The number of nitrogen functional groups attached to an aromatic ring is 1. The monoisotopic (exact) mass is 894 g/mol. The summed E-state index contributed by atoms with van der Waals surface area (Å²) >= 11 is 3.83. The van der Waals surface area contributed by atoms with Gasteiger partial charge in [-0.1, -0.05) is 222 Å². The van der Waals surface area contributed by atoms with E-state index in [2.05, 4.69) is 234 Å². The Labute approximate surface area is 388 Å². The highest BCUT2D eigenvalue weighted by Gasteiger charge is 2.53. The van der Waals surface area contributed by atoms with Gasteiger partial charge in [0.2, 0.25) is 0 Å². The van der Waals surface area contributed by atoms with Crippen LogP contribution in [0.1, 0.15) is 44.5 Å². The normalized spacial score (nSPS) is 13.6. The molecule has 10 aromatic carbocycles. The molecule has 0 atom stereocenters. The van der Waals surface area contributed by atoms with Gasteiger partial charge in [-0.2, -0.15) is 0 Å². The molecule has 0 fully saturated rings. The van der Waals surface area contributed by atoms with E-state index in [1.54, 1.807) is 0 Å². The molecule has 3 heteroatoms. The van der Waals surface area contributed by atoms with Crippen LogP contribution in [0, 0.1) is 0 Å². The van der Waals surface area contributed by atoms with Crippen molar-refractivity contribution in [2.24, 2.45) is 0 Å². The number of rotatable bonds is 2. The molecular weight excluding hydrogens is 853 g/mol. The van der Waals surface area contributed by atoms with Crippen LogP contribution in [0.2, 0.25) is 0 Å². The summed E-state index contributed by atoms with van der Waals surface area (Å²) in [6.45, 7) is 0. The molecular formula is C62H43BrN2. The molecule has 0 aromatic heterocycles. The summed E-state index contributed by atoms with van der Waals surface area (Å²) in [5.41, 5.74) is 29.6. The summed E-state index contributed by atoms with van der Waals surface area (Å²) in [5.74, 6) is 0. The summed E-state index contributed by atoms with van der Waals surface area (Å²) < 4.78 is 1.17. The molecule has 0 aliphatic heterocycles. The maximum absolute atomic E-state index is 5.36. The minimum Gasteiger partial charge on any atom is -0.399 e. The van der Waals surface area contributed by atoms with Crippen LogP contribution < -0.4 is 11.1 Å². The second-order valence-electron chi connectivity index (χ2n) is 17.1. The number of para-hydroxylation sites is 2. The largest absolute Gasteiger partial charge is 0.399 e. The molecule has 2 spiro atoms. The zero-order valence-corrected chi connectivity index (χ0v) is 37.1. The highest BCUT2D eigenvalue weighted by atomic mass is 79.9. The fourth-order valence-electron chi connectivity index (χ4n) is 11.5.